The van der Waals surface area contributed by atoms with E-state index in [-0.39, 0.29) is 0 Å². The van der Waals surface area contributed by atoms with E-state index in [2.05, 4.69) is 69.9 Å². The average molecular weight is 324 g/mol. The number of rotatable bonds is 5. The SMILES string of the molecule is CNC(c1ccccc1)C(C)Cc1cc(Br)cs1. The quantitative estimate of drug-likeness (QED) is 0.844. The Morgan fingerprint density at radius 3 is 2.56 bits per heavy atom. The van der Waals surface area contributed by atoms with Crippen molar-refractivity contribution in [3.05, 3.63) is 56.7 Å². The smallest absolute Gasteiger partial charge is 0.0346 e. The largest absolute Gasteiger partial charge is 0.313 e. The van der Waals surface area contributed by atoms with Crippen LogP contribution < -0.4 is 5.32 Å². The highest BCUT2D eigenvalue weighted by molar-refractivity contribution is 9.10. The average Bonchev–Trinajstić information content (AvgIpc) is 2.77. The molecule has 0 bridgehead atoms. The number of benzene rings is 1. The molecule has 2 rings (SSSR count). The molecular weight excluding hydrogens is 306 g/mol. The van der Waals surface area contributed by atoms with Crippen LogP contribution in [0.2, 0.25) is 0 Å². The topological polar surface area (TPSA) is 12.0 Å². The molecule has 0 amide bonds. The molecule has 96 valence electrons. The summed E-state index contributed by atoms with van der Waals surface area (Å²) in [5, 5.41) is 5.59. The first-order valence-corrected chi connectivity index (χ1v) is 7.83. The lowest BCUT2D eigenvalue weighted by Gasteiger charge is -2.23. The van der Waals surface area contributed by atoms with Crippen LogP contribution in [-0.2, 0) is 6.42 Å². The van der Waals surface area contributed by atoms with E-state index in [4.69, 9.17) is 0 Å². The third kappa shape index (κ3) is 3.44. The summed E-state index contributed by atoms with van der Waals surface area (Å²) in [5.41, 5.74) is 1.36. The van der Waals surface area contributed by atoms with Crippen LogP contribution in [0.1, 0.15) is 23.4 Å². The number of hydrogen-bond acceptors (Lipinski definition) is 2. The van der Waals surface area contributed by atoms with Crippen LogP contribution in [0.4, 0.5) is 0 Å². The van der Waals surface area contributed by atoms with E-state index in [9.17, 15) is 0 Å². The molecule has 0 aliphatic carbocycles. The first-order valence-electron chi connectivity index (χ1n) is 6.16. The molecule has 18 heavy (non-hydrogen) atoms. The van der Waals surface area contributed by atoms with Crippen molar-refractivity contribution in [1.82, 2.24) is 5.32 Å². The summed E-state index contributed by atoms with van der Waals surface area (Å²) in [6, 6.07) is 13.3. The van der Waals surface area contributed by atoms with Crippen molar-refractivity contribution in [2.24, 2.45) is 5.92 Å². The van der Waals surface area contributed by atoms with E-state index in [1.807, 2.05) is 18.4 Å². The predicted octanol–water partition coefficient (Wildman–Crippen LogP) is 4.65. The van der Waals surface area contributed by atoms with Crippen molar-refractivity contribution in [2.45, 2.75) is 19.4 Å². The molecule has 2 unspecified atom stereocenters. The van der Waals surface area contributed by atoms with Gasteiger partial charge in [0, 0.05) is 20.8 Å². The Hall–Kier alpha value is -0.640. The minimum Gasteiger partial charge on any atom is -0.313 e. The van der Waals surface area contributed by atoms with Gasteiger partial charge in [0.15, 0.2) is 0 Å². The lowest BCUT2D eigenvalue weighted by atomic mass is 9.91. The Morgan fingerprint density at radius 1 is 1.28 bits per heavy atom. The van der Waals surface area contributed by atoms with Crippen LogP contribution in [0, 0.1) is 5.92 Å². The highest BCUT2D eigenvalue weighted by atomic mass is 79.9. The number of halogens is 1. The van der Waals surface area contributed by atoms with E-state index in [0.29, 0.717) is 12.0 Å². The summed E-state index contributed by atoms with van der Waals surface area (Å²) < 4.78 is 1.19. The Labute approximate surface area is 121 Å². The van der Waals surface area contributed by atoms with Gasteiger partial charge in [0.2, 0.25) is 0 Å². The van der Waals surface area contributed by atoms with E-state index < -0.39 is 0 Å². The fourth-order valence-electron chi connectivity index (χ4n) is 2.34. The van der Waals surface area contributed by atoms with Crippen LogP contribution >= 0.6 is 27.3 Å². The Bertz CT molecular complexity index is 480. The maximum Gasteiger partial charge on any atom is 0.0346 e. The summed E-state index contributed by atoms with van der Waals surface area (Å²) >= 11 is 5.34. The van der Waals surface area contributed by atoms with Crippen LogP contribution in [0.3, 0.4) is 0 Å². The first kappa shape index (κ1) is 13.8. The second kappa shape index (κ2) is 6.50. The van der Waals surface area contributed by atoms with E-state index >= 15 is 0 Å². The Balaban J connectivity index is 2.08. The maximum absolute atomic E-state index is 3.52. The second-order valence-corrected chi connectivity index (χ2v) is 6.50. The fraction of sp³-hybridized carbons (Fsp3) is 0.333. The number of hydrogen-bond donors (Lipinski definition) is 1. The summed E-state index contributed by atoms with van der Waals surface area (Å²) in [4.78, 5) is 1.44. The molecule has 0 spiro atoms. The zero-order valence-electron chi connectivity index (χ0n) is 10.7. The minimum absolute atomic E-state index is 0.409. The fourth-order valence-corrected chi connectivity index (χ4v) is 3.93. The van der Waals surface area contributed by atoms with Gasteiger partial charge in [-0.25, -0.2) is 0 Å². The molecule has 0 aliphatic heterocycles. The molecule has 0 radical (unpaired) electrons. The first-order chi connectivity index (χ1) is 8.70. The van der Waals surface area contributed by atoms with Gasteiger partial charge in [0.25, 0.3) is 0 Å². The van der Waals surface area contributed by atoms with Crippen LogP contribution in [0.25, 0.3) is 0 Å². The molecule has 1 heterocycles. The normalized spacial score (nSPS) is 14.4. The molecule has 1 aromatic carbocycles. The zero-order chi connectivity index (χ0) is 13.0. The van der Waals surface area contributed by atoms with Crippen LogP contribution in [0.5, 0.6) is 0 Å². The van der Waals surface area contributed by atoms with Crippen molar-refractivity contribution in [3.63, 3.8) is 0 Å². The zero-order valence-corrected chi connectivity index (χ0v) is 13.1. The van der Waals surface area contributed by atoms with Gasteiger partial charge in [-0.2, -0.15) is 0 Å². The Morgan fingerprint density at radius 2 is 2.00 bits per heavy atom. The summed E-state index contributed by atoms with van der Waals surface area (Å²) in [5.74, 6) is 0.572. The lowest BCUT2D eigenvalue weighted by molar-refractivity contribution is 0.411. The van der Waals surface area contributed by atoms with Gasteiger partial charge in [0.05, 0.1) is 0 Å². The Kier molecular flexibility index (Phi) is 4.98. The number of thiophene rings is 1. The third-order valence-corrected chi connectivity index (χ3v) is 4.90. The maximum atomic E-state index is 3.52. The molecule has 1 N–H and O–H groups in total. The third-order valence-electron chi connectivity index (χ3n) is 3.18. The van der Waals surface area contributed by atoms with Crippen LogP contribution in [-0.4, -0.2) is 7.05 Å². The van der Waals surface area contributed by atoms with E-state index in [1.165, 1.54) is 14.9 Å². The van der Waals surface area contributed by atoms with Gasteiger partial charge in [0.1, 0.15) is 0 Å². The summed E-state index contributed by atoms with van der Waals surface area (Å²) in [6.45, 7) is 2.31. The van der Waals surface area contributed by atoms with Crippen molar-refractivity contribution >= 4 is 27.3 Å². The van der Waals surface area contributed by atoms with Gasteiger partial charge in [-0.1, -0.05) is 37.3 Å². The highest BCUT2D eigenvalue weighted by Crippen LogP contribution is 2.28. The van der Waals surface area contributed by atoms with Gasteiger partial charge < -0.3 is 5.32 Å². The van der Waals surface area contributed by atoms with Crippen molar-refractivity contribution in [2.75, 3.05) is 7.05 Å². The molecule has 1 aromatic heterocycles. The molecule has 2 aromatic rings. The standard InChI is InChI=1S/C15H18BrNS/c1-11(8-14-9-13(16)10-18-14)15(17-2)12-6-4-3-5-7-12/h3-7,9-11,15,17H,8H2,1-2H3. The molecule has 1 nitrogen and oxygen atoms in total. The molecule has 0 saturated carbocycles. The van der Waals surface area contributed by atoms with E-state index in [0.717, 1.165) is 6.42 Å². The summed E-state index contributed by atoms with van der Waals surface area (Å²) in [6.07, 6.45) is 1.11. The van der Waals surface area contributed by atoms with Gasteiger partial charge in [-0.15, -0.1) is 11.3 Å². The van der Waals surface area contributed by atoms with Crippen LogP contribution in [0.15, 0.2) is 46.3 Å². The monoisotopic (exact) mass is 323 g/mol. The van der Waals surface area contributed by atoms with Gasteiger partial charge in [-0.3, -0.25) is 0 Å². The van der Waals surface area contributed by atoms with Crippen molar-refractivity contribution < 1.29 is 0 Å². The number of nitrogens with one attached hydrogen (secondary N) is 1. The predicted molar refractivity (Wildman–Crippen MR) is 83.1 cm³/mol. The molecule has 3 heteroatoms. The molecule has 0 fully saturated rings. The highest BCUT2D eigenvalue weighted by Gasteiger charge is 2.18. The van der Waals surface area contributed by atoms with E-state index in [1.54, 1.807) is 0 Å². The minimum atomic E-state index is 0.409. The molecule has 2 atom stereocenters. The summed E-state index contributed by atoms with van der Waals surface area (Å²) in [7, 11) is 2.04. The molecular formula is C15H18BrNS. The van der Waals surface area contributed by atoms with Crippen molar-refractivity contribution in [3.8, 4) is 0 Å². The molecule has 0 aliphatic rings. The van der Waals surface area contributed by atoms with Crippen molar-refractivity contribution in [1.29, 1.82) is 0 Å². The lowest BCUT2D eigenvalue weighted by Crippen LogP contribution is -2.24. The van der Waals surface area contributed by atoms with Gasteiger partial charge in [-0.05, 0) is 46.9 Å². The molecule has 0 saturated heterocycles. The second-order valence-electron chi connectivity index (χ2n) is 4.59. The van der Waals surface area contributed by atoms with Gasteiger partial charge >= 0.3 is 0 Å².